The summed E-state index contributed by atoms with van der Waals surface area (Å²) in [7, 11) is 0. The molecule has 4 aromatic rings. The first-order valence-electron chi connectivity index (χ1n) is 9.85. The molecule has 32 heavy (non-hydrogen) atoms. The van der Waals surface area contributed by atoms with E-state index in [1.807, 2.05) is 46.3 Å². The number of thiophene rings is 2. The summed E-state index contributed by atoms with van der Waals surface area (Å²) in [4.78, 5) is 25.8. The molecule has 0 fully saturated rings. The molecule has 1 aromatic carbocycles. The average molecular weight is 485 g/mol. The lowest BCUT2D eigenvalue weighted by Gasteiger charge is -2.10. The van der Waals surface area contributed by atoms with E-state index < -0.39 is 5.97 Å². The number of para-hydroxylation sites is 1. The molecule has 7 nitrogen and oxygen atoms in total. The van der Waals surface area contributed by atoms with Crippen molar-refractivity contribution >= 4 is 51.3 Å². The minimum Gasteiger partial charge on any atom is -0.462 e. The molecule has 0 spiro atoms. The topological polar surface area (TPSA) is 86.1 Å². The molecule has 1 amide bonds. The highest BCUT2D eigenvalue weighted by Gasteiger charge is 2.19. The number of ether oxygens (including phenoxy) is 1. The highest BCUT2D eigenvalue weighted by molar-refractivity contribution is 7.99. The van der Waals surface area contributed by atoms with E-state index in [1.165, 1.54) is 28.0 Å². The summed E-state index contributed by atoms with van der Waals surface area (Å²) in [6.07, 6.45) is 0.657. The van der Waals surface area contributed by atoms with Gasteiger partial charge in [0.05, 0.1) is 17.9 Å². The molecule has 0 aliphatic carbocycles. The molecule has 1 N–H and O–H groups in total. The second kappa shape index (κ2) is 10.6. The van der Waals surface area contributed by atoms with Crippen molar-refractivity contribution in [3.8, 4) is 5.69 Å². The van der Waals surface area contributed by atoms with E-state index in [0.29, 0.717) is 22.1 Å². The fourth-order valence-electron chi connectivity index (χ4n) is 2.98. The SMILES string of the molecule is CCOC(=O)c1ccsc1NC(=O)CSc1nnc(Cc2cccs2)n1-c1ccccc1. The van der Waals surface area contributed by atoms with E-state index >= 15 is 0 Å². The number of nitrogens with one attached hydrogen (secondary N) is 1. The molecule has 10 heteroatoms. The van der Waals surface area contributed by atoms with Crippen molar-refractivity contribution in [1.82, 2.24) is 14.8 Å². The van der Waals surface area contributed by atoms with Gasteiger partial charge in [0.1, 0.15) is 10.8 Å². The van der Waals surface area contributed by atoms with Crippen LogP contribution in [-0.4, -0.2) is 39.0 Å². The third-order valence-electron chi connectivity index (χ3n) is 4.37. The Bertz CT molecular complexity index is 1190. The maximum absolute atomic E-state index is 12.6. The van der Waals surface area contributed by atoms with Gasteiger partial charge in [-0.15, -0.1) is 32.9 Å². The van der Waals surface area contributed by atoms with Crippen LogP contribution in [0.3, 0.4) is 0 Å². The first kappa shape index (κ1) is 22.3. The Labute approximate surface area is 197 Å². The summed E-state index contributed by atoms with van der Waals surface area (Å²) < 4.78 is 7.02. The van der Waals surface area contributed by atoms with Crippen molar-refractivity contribution < 1.29 is 14.3 Å². The number of carbonyl (C=O) groups is 2. The van der Waals surface area contributed by atoms with E-state index in [2.05, 4.69) is 21.6 Å². The lowest BCUT2D eigenvalue weighted by atomic mass is 10.3. The van der Waals surface area contributed by atoms with Crippen molar-refractivity contribution in [2.24, 2.45) is 0 Å². The van der Waals surface area contributed by atoms with Crippen LogP contribution in [0.25, 0.3) is 5.69 Å². The Balaban J connectivity index is 1.49. The number of amides is 1. The summed E-state index contributed by atoms with van der Waals surface area (Å²) in [6.45, 7) is 2.02. The predicted octanol–water partition coefficient (Wildman–Crippen LogP) is 4.89. The van der Waals surface area contributed by atoms with Crippen LogP contribution in [0.1, 0.15) is 28.0 Å². The monoisotopic (exact) mass is 484 g/mol. The van der Waals surface area contributed by atoms with E-state index in [-0.39, 0.29) is 18.3 Å². The summed E-state index contributed by atoms with van der Waals surface area (Å²) in [5.41, 5.74) is 1.30. The quantitative estimate of drug-likeness (QED) is 0.269. The van der Waals surface area contributed by atoms with E-state index in [9.17, 15) is 9.59 Å². The molecular formula is C22H20N4O3S3. The number of esters is 1. The van der Waals surface area contributed by atoms with Crippen molar-refractivity contribution in [1.29, 1.82) is 0 Å². The van der Waals surface area contributed by atoms with Gasteiger partial charge in [-0.3, -0.25) is 9.36 Å². The second-order valence-electron chi connectivity index (χ2n) is 6.55. The van der Waals surface area contributed by atoms with E-state index in [1.54, 1.807) is 29.7 Å². The number of rotatable bonds is 9. The number of thioether (sulfide) groups is 1. The zero-order valence-corrected chi connectivity index (χ0v) is 19.6. The van der Waals surface area contributed by atoms with Crippen LogP contribution in [0, 0.1) is 0 Å². The zero-order valence-electron chi connectivity index (χ0n) is 17.2. The van der Waals surface area contributed by atoms with Crippen molar-refractivity contribution in [3.63, 3.8) is 0 Å². The van der Waals surface area contributed by atoms with E-state index in [0.717, 1.165) is 11.5 Å². The van der Waals surface area contributed by atoms with E-state index in [4.69, 9.17) is 4.74 Å². The average Bonchev–Trinajstić information content (AvgIpc) is 3.55. The molecule has 0 radical (unpaired) electrons. The smallest absolute Gasteiger partial charge is 0.341 e. The second-order valence-corrected chi connectivity index (χ2v) is 9.44. The summed E-state index contributed by atoms with van der Waals surface area (Å²) in [6, 6.07) is 15.6. The number of aromatic nitrogens is 3. The Kier molecular flexibility index (Phi) is 7.35. The van der Waals surface area contributed by atoms with Crippen LogP contribution >= 0.6 is 34.4 Å². The molecule has 3 aromatic heterocycles. The molecule has 0 aliphatic rings. The summed E-state index contributed by atoms with van der Waals surface area (Å²) in [5, 5.41) is 16.4. The molecule has 0 bridgehead atoms. The van der Waals surface area contributed by atoms with Crippen LogP contribution in [0.2, 0.25) is 0 Å². The van der Waals surface area contributed by atoms with Crippen molar-refractivity contribution in [2.45, 2.75) is 18.5 Å². The molecular weight excluding hydrogens is 464 g/mol. The third kappa shape index (κ3) is 5.26. The van der Waals surface area contributed by atoms with Gasteiger partial charge in [0, 0.05) is 17.0 Å². The van der Waals surface area contributed by atoms with Gasteiger partial charge in [0.2, 0.25) is 5.91 Å². The molecule has 0 saturated carbocycles. The predicted molar refractivity (Wildman–Crippen MR) is 128 cm³/mol. The summed E-state index contributed by atoms with van der Waals surface area (Å²) >= 11 is 4.25. The number of hydrogen-bond donors (Lipinski definition) is 1. The van der Waals surface area contributed by atoms with Gasteiger partial charge >= 0.3 is 5.97 Å². The van der Waals surface area contributed by atoms with Crippen LogP contribution in [0.4, 0.5) is 5.00 Å². The standard InChI is InChI=1S/C22H20N4O3S3/c1-2-29-21(28)17-10-12-31-20(17)23-19(27)14-32-22-25-24-18(13-16-9-6-11-30-16)26(22)15-7-4-3-5-8-15/h3-12H,2,13-14H2,1H3,(H,23,27). The highest BCUT2D eigenvalue weighted by Crippen LogP contribution is 2.27. The molecule has 0 atom stereocenters. The Morgan fingerprint density at radius 3 is 2.66 bits per heavy atom. The fraction of sp³-hybridized carbons (Fsp3) is 0.182. The molecule has 4 rings (SSSR count). The molecule has 0 unspecified atom stereocenters. The number of nitrogens with zero attached hydrogens (tertiary/aromatic N) is 3. The number of carbonyl (C=O) groups excluding carboxylic acids is 2. The highest BCUT2D eigenvalue weighted by atomic mass is 32.2. The van der Waals surface area contributed by atoms with Gasteiger partial charge in [0.15, 0.2) is 5.16 Å². The lowest BCUT2D eigenvalue weighted by molar-refractivity contribution is -0.113. The summed E-state index contributed by atoms with van der Waals surface area (Å²) in [5.74, 6) is 0.262. The minimum absolute atomic E-state index is 0.129. The Morgan fingerprint density at radius 1 is 1.06 bits per heavy atom. The number of benzene rings is 1. The van der Waals surface area contributed by atoms with Gasteiger partial charge in [0.25, 0.3) is 0 Å². The van der Waals surface area contributed by atoms with Crippen LogP contribution in [0.5, 0.6) is 0 Å². The maximum atomic E-state index is 12.6. The van der Waals surface area contributed by atoms with Crippen molar-refractivity contribution in [3.05, 3.63) is 75.6 Å². The van der Waals surface area contributed by atoms with Crippen LogP contribution in [0.15, 0.2) is 64.4 Å². The van der Waals surface area contributed by atoms with Gasteiger partial charge in [-0.05, 0) is 41.9 Å². The molecule has 3 heterocycles. The van der Waals surface area contributed by atoms with Crippen molar-refractivity contribution in [2.75, 3.05) is 17.7 Å². The van der Waals surface area contributed by atoms with Crippen LogP contribution in [-0.2, 0) is 16.0 Å². The third-order valence-corrected chi connectivity index (χ3v) is 7.01. The first-order valence-corrected chi connectivity index (χ1v) is 12.6. The van der Waals surface area contributed by atoms with Gasteiger partial charge in [-0.1, -0.05) is 36.0 Å². The maximum Gasteiger partial charge on any atom is 0.341 e. The van der Waals surface area contributed by atoms with Crippen LogP contribution < -0.4 is 5.32 Å². The normalized spacial score (nSPS) is 10.8. The van der Waals surface area contributed by atoms with Gasteiger partial charge in [-0.25, -0.2) is 4.79 Å². The largest absolute Gasteiger partial charge is 0.462 e. The minimum atomic E-state index is -0.446. The number of anilines is 1. The Morgan fingerprint density at radius 2 is 1.91 bits per heavy atom. The molecule has 0 saturated heterocycles. The lowest BCUT2D eigenvalue weighted by Crippen LogP contribution is -2.16. The van der Waals surface area contributed by atoms with Gasteiger partial charge < -0.3 is 10.1 Å². The fourth-order valence-corrected chi connectivity index (χ4v) is 5.25. The molecule has 164 valence electrons. The number of hydrogen-bond acceptors (Lipinski definition) is 8. The zero-order chi connectivity index (χ0) is 22.3. The molecule has 0 aliphatic heterocycles. The Hall–Kier alpha value is -2.95. The van der Waals surface area contributed by atoms with Gasteiger partial charge in [-0.2, -0.15) is 0 Å². The first-order chi connectivity index (χ1) is 15.7.